The minimum absolute atomic E-state index is 0.549. The number of pyridine rings is 1. The van der Waals surface area contributed by atoms with Gasteiger partial charge in [0.2, 0.25) is 0 Å². The molecule has 0 amide bonds. The molecule has 0 saturated carbocycles. The fourth-order valence-electron chi connectivity index (χ4n) is 2.51. The Kier molecular flexibility index (Phi) is 5.46. The third-order valence-electron chi connectivity index (χ3n) is 3.89. The molecule has 1 aromatic carbocycles. The summed E-state index contributed by atoms with van der Waals surface area (Å²) in [6.45, 7) is 1.33. The van der Waals surface area contributed by atoms with Crippen LogP contribution in [-0.4, -0.2) is 41.3 Å². The molecule has 0 aliphatic heterocycles. The van der Waals surface area contributed by atoms with Gasteiger partial charge in [-0.3, -0.25) is 9.39 Å². The van der Waals surface area contributed by atoms with E-state index in [2.05, 4.69) is 38.0 Å². The van der Waals surface area contributed by atoms with E-state index in [0.29, 0.717) is 6.54 Å². The van der Waals surface area contributed by atoms with Gasteiger partial charge in [-0.05, 0) is 36.2 Å². The van der Waals surface area contributed by atoms with Gasteiger partial charge in [-0.25, -0.2) is 0 Å². The first kappa shape index (κ1) is 16.8. The van der Waals surface area contributed by atoms with Crippen molar-refractivity contribution >= 4 is 11.6 Å². The van der Waals surface area contributed by atoms with E-state index in [1.165, 1.54) is 5.56 Å². The van der Waals surface area contributed by atoms with Gasteiger partial charge in [-0.1, -0.05) is 18.2 Å². The SMILES string of the molecule is CN=C(NCCc1ccc(OC)cc1)NCc1nnc2ccccn12. The number of fused-ring (bicyclic) bond motifs is 1. The van der Waals surface area contributed by atoms with Crippen LogP contribution in [-0.2, 0) is 13.0 Å². The normalized spacial score (nSPS) is 11.5. The molecular weight excluding hydrogens is 316 g/mol. The Bertz CT molecular complexity index is 840. The smallest absolute Gasteiger partial charge is 0.191 e. The van der Waals surface area contributed by atoms with Crippen molar-refractivity contribution in [1.82, 2.24) is 25.2 Å². The van der Waals surface area contributed by atoms with Crippen LogP contribution in [0.15, 0.2) is 53.7 Å². The van der Waals surface area contributed by atoms with E-state index in [9.17, 15) is 0 Å². The molecule has 130 valence electrons. The first-order valence-corrected chi connectivity index (χ1v) is 8.16. The number of methoxy groups -OCH3 is 1. The fourth-order valence-corrected chi connectivity index (χ4v) is 2.51. The lowest BCUT2D eigenvalue weighted by Crippen LogP contribution is -2.38. The van der Waals surface area contributed by atoms with Crippen LogP contribution in [0, 0.1) is 0 Å². The number of hydrogen-bond acceptors (Lipinski definition) is 4. The molecule has 0 bridgehead atoms. The average Bonchev–Trinajstić information content (AvgIpc) is 3.08. The number of hydrogen-bond donors (Lipinski definition) is 2. The summed E-state index contributed by atoms with van der Waals surface area (Å²) in [6, 6.07) is 13.9. The third-order valence-corrected chi connectivity index (χ3v) is 3.89. The molecule has 2 heterocycles. The molecule has 2 N–H and O–H groups in total. The van der Waals surface area contributed by atoms with Gasteiger partial charge in [0.1, 0.15) is 5.75 Å². The van der Waals surface area contributed by atoms with Gasteiger partial charge in [0, 0.05) is 19.8 Å². The highest BCUT2D eigenvalue weighted by Gasteiger charge is 2.05. The summed E-state index contributed by atoms with van der Waals surface area (Å²) in [5, 5.41) is 14.9. The molecule has 7 nitrogen and oxygen atoms in total. The van der Waals surface area contributed by atoms with E-state index in [1.54, 1.807) is 14.2 Å². The van der Waals surface area contributed by atoms with Gasteiger partial charge >= 0.3 is 0 Å². The molecule has 0 spiro atoms. The Morgan fingerprint density at radius 2 is 1.96 bits per heavy atom. The van der Waals surface area contributed by atoms with E-state index in [4.69, 9.17) is 4.74 Å². The lowest BCUT2D eigenvalue weighted by Gasteiger charge is -2.11. The molecule has 0 radical (unpaired) electrons. The van der Waals surface area contributed by atoms with Crippen LogP contribution in [0.4, 0.5) is 0 Å². The highest BCUT2D eigenvalue weighted by Crippen LogP contribution is 2.11. The summed E-state index contributed by atoms with van der Waals surface area (Å²) in [5.74, 6) is 2.45. The number of ether oxygens (including phenoxy) is 1. The second-order valence-electron chi connectivity index (χ2n) is 5.50. The lowest BCUT2D eigenvalue weighted by molar-refractivity contribution is 0.414. The van der Waals surface area contributed by atoms with Crippen molar-refractivity contribution in [3.8, 4) is 5.75 Å². The maximum absolute atomic E-state index is 5.17. The van der Waals surface area contributed by atoms with Gasteiger partial charge in [0.15, 0.2) is 17.4 Å². The second-order valence-corrected chi connectivity index (χ2v) is 5.50. The van der Waals surface area contributed by atoms with Gasteiger partial charge in [0.25, 0.3) is 0 Å². The highest BCUT2D eigenvalue weighted by atomic mass is 16.5. The summed E-state index contributed by atoms with van der Waals surface area (Å²) in [4.78, 5) is 4.24. The van der Waals surface area contributed by atoms with Gasteiger partial charge in [-0.2, -0.15) is 0 Å². The molecule has 0 aliphatic carbocycles. The van der Waals surface area contributed by atoms with E-state index < -0.39 is 0 Å². The van der Waals surface area contributed by atoms with Crippen LogP contribution >= 0.6 is 0 Å². The number of guanidine groups is 1. The van der Waals surface area contributed by atoms with Crippen LogP contribution < -0.4 is 15.4 Å². The molecule has 0 aliphatic rings. The first-order valence-electron chi connectivity index (χ1n) is 8.16. The number of aliphatic imine (C=N–C) groups is 1. The van der Waals surface area contributed by atoms with Gasteiger partial charge in [0.05, 0.1) is 13.7 Å². The summed E-state index contributed by atoms with van der Waals surface area (Å²) >= 11 is 0. The van der Waals surface area contributed by atoms with Gasteiger partial charge < -0.3 is 15.4 Å². The van der Waals surface area contributed by atoms with E-state index in [-0.39, 0.29) is 0 Å². The van der Waals surface area contributed by atoms with E-state index >= 15 is 0 Å². The van der Waals surface area contributed by atoms with Crippen LogP contribution in [0.5, 0.6) is 5.75 Å². The van der Waals surface area contributed by atoms with Crippen molar-refractivity contribution in [1.29, 1.82) is 0 Å². The molecule has 25 heavy (non-hydrogen) atoms. The molecule has 3 rings (SSSR count). The largest absolute Gasteiger partial charge is 0.497 e. The van der Waals surface area contributed by atoms with Crippen LogP contribution in [0.1, 0.15) is 11.4 Å². The Balaban J connectivity index is 1.49. The number of nitrogens with zero attached hydrogens (tertiary/aromatic N) is 4. The second kappa shape index (κ2) is 8.14. The number of nitrogens with one attached hydrogen (secondary N) is 2. The average molecular weight is 338 g/mol. The lowest BCUT2D eigenvalue weighted by atomic mass is 10.1. The molecule has 0 unspecified atom stereocenters. The zero-order valence-corrected chi connectivity index (χ0v) is 14.4. The number of benzene rings is 1. The molecule has 2 aromatic heterocycles. The Labute approximate surface area is 146 Å². The first-order chi connectivity index (χ1) is 12.3. The minimum Gasteiger partial charge on any atom is -0.497 e. The Morgan fingerprint density at radius 3 is 2.72 bits per heavy atom. The molecule has 0 saturated heterocycles. The molecule has 3 aromatic rings. The van der Waals surface area contributed by atoms with Gasteiger partial charge in [-0.15, -0.1) is 10.2 Å². The maximum Gasteiger partial charge on any atom is 0.191 e. The summed E-state index contributed by atoms with van der Waals surface area (Å²) in [7, 11) is 3.43. The van der Waals surface area contributed by atoms with Crippen LogP contribution in [0.25, 0.3) is 5.65 Å². The fraction of sp³-hybridized carbons (Fsp3) is 0.278. The quantitative estimate of drug-likeness (QED) is 0.528. The molecule has 0 atom stereocenters. The van der Waals surface area contributed by atoms with Crippen LogP contribution in [0.2, 0.25) is 0 Å². The van der Waals surface area contributed by atoms with Crippen molar-refractivity contribution in [2.75, 3.05) is 20.7 Å². The van der Waals surface area contributed by atoms with Crippen molar-refractivity contribution in [2.45, 2.75) is 13.0 Å². The van der Waals surface area contributed by atoms with E-state index in [1.807, 2.05) is 40.9 Å². The van der Waals surface area contributed by atoms with Crippen molar-refractivity contribution in [3.63, 3.8) is 0 Å². The summed E-state index contributed by atoms with van der Waals surface area (Å²) in [6.07, 6.45) is 2.85. The Morgan fingerprint density at radius 1 is 1.12 bits per heavy atom. The summed E-state index contributed by atoms with van der Waals surface area (Å²) in [5.41, 5.74) is 2.08. The predicted molar refractivity (Wildman–Crippen MR) is 97.9 cm³/mol. The van der Waals surface area contributed by atoms with Crippen molar-refractivity contribution < 1.29 is 4.74 Å². The molecule has 7 heteroatoms. The minimum atomic E-state index is 0.549. The van der Waals surface area contributed by atoms with Crippen molar-refractivity contribution in [2.24, 2.45) is 4.99 Å². The third kappa shape index (κ3) is 4.26. The topological polar surface area (TPSA) is 75.8 Å². The zero-order valence-electron chi connectivity index (χ0n) is 14.4. The number of rotatable bonds is 6. The standard InChI is InChI=1S/C18H22N6O/c1-19-18(20-11-10-14-6-8-15(25-2)9-7-14)21-13-17-23-22-16-5-3-4-12-24(16)17/h3-9,12H,10-11,13H2,1-2H3,(H2,19,20,21). The van der Waals surface area contributed by atoms with Crippen molar-refractivity contribution in [3.05, 3.63) is 60.0 Å². The van der Waals surface area contributed by atoms with E-state index in [0.717, 1.165) is 36.1 Å². The highest BCUT2D eigenvalue weighted by molar-refractivity contribution is 5.79. The van der Waals surface area contributed by atoms with Crippen LogP contribution in [0.3, 0.4) is 0 Å². The zero-order chi connectivity index (χ0) is 17.5. The molecular formula is C18H22N6O. The Hall–Kier alpha value is -3.09. The predicted octanol–water partition coefficient (Wildman–Crippen LogP) is 1.65. The number of aromatic nitrogens is 3. The monoisotopic (exact) mass is 338 g/mol. The molecule has 0 fully saturated rings. The maximum atomic E-state index is 5.17. The summed E-state index contributed by atoms with van der Waals surface area (Å²) < 4.78 is 7.13.